The molecule has 3 rings (SSSR count). The van der Waals surface area contributed by atoms with Crippen LogP contribution in [0.3, 0.4) is 0 Å². The fraction of sp³-hybridized carbons (Fsp3) is 0. The van der Waals surface area contributed by atoms with Gasteiger partial charge < -0.3 is 0 Å². The number of hydrogen-bond acceptors (Lipinski definition) is 2. The van der Waals surface area contributed by atoms with Crippen LogP contribution in [0.25, 0.3) is 16.8 Å². The van der Waals surface area contributed by atoms with Gasteiger partial charge in [0.25, 0.3) is 0 Å². The van der Waals surface area contributed by atoms with Crippen LogP contribution in [0.2, 0.25) is 5.02 Å². The minimum atomic E-state index is 0.735. The maximum absolute atomic E-state index is 5.86. The van der Waals surface area contributed by atoms with Crippen molar-refractivity contribution in [2.24, 2.45) is 0 Å². The van der Waals surface area contributed by atoms with Crippen LogP contribution in [0.1, 0.15) is 0 Å². The van der Waals surface area contributed by atoms with Gasteiger partial charge in [0.1, 0.15) is 0 Å². The largest absolute Gasteiger partial charge is 0.240 e. The van der Waals surface area contributed by atoms with Gasteiger partial charge in [0.2, 0.25) is 0 Å². The van der Waals surface area contributed by atoms with Crippen LogP contribution < -0.4 is 0 Å². The zero-order valence-electron chi connectivity index (χ0n) is 8.88. The van der Waals surface area contributed by atoms with Crippen molar-refractivity contribution >= 4 is 22.9 Å². The monoisotopic (exact) mass is 260 g/mol. The molecule has 1 aromatic carbocycles. The molecule has 0 spiro atoms. The molecule has 0 atom stereocenters. The molecule has 2 heterocycles. The highest BCUT2D eigenvalue weighted by Crippen LogP contribution is 2.22. The molecule has 0 fully saturated rings. The molecule has 0 aliphatic carbocycles. The maximum Gasteiger partial charge on any atom is 0.0646 e. The van der Waals surface area contributed by atoms with Gasteiger partial charge in [0.05, 0.1) is 11.9 Å². The lowest BCUT2D eigenvalue weighted by Crippen LogP contribution is -1.92. The van der Waals surface area contributed by atoms with Crippen molar-refractivity contribution in [1.82, 2.24) is 9.78 Å². The molecular weight excluding hydrogens is 252 g/mol. The zero-order valence-corrected chi connectivity index (χ0v) is 10.4. The van der Waals surface area contributed by atoms with Crippen LogP contribution in [-0.2, 0) is 0 Å². The molecule has 17 heavy (non-hydrogen) atoms. The summed E-state index contributed by atoms with van der Waals surface area (Å²) in [5, 5.41) is 9.26. The Morgan fingerprint density at radius 2 is 1.88 bits per heavy atom. The van der Waals surface area contributed by atoms with Crippen molar-refractivity contribution in [1.29, 1.82) is 0 Å². The highest BCUT2D eigenvalue weighted by molar-refractivity contribution is 7.08. The lowest BCUT2D eigenvalue weighted by Gasteiger charge is -2.00. The second kappa shape index (κ2) is 4.35. The van der Waals surface area contributed by atoms with Crippen molar-refractivity contribution in [3.63, 3.8) is 0 Å². The fourth-order valence-corrected chi connectivity index (χ4v) is 2.43. The van der Waals surface area contributed by atoms with E-state index in [1.54, 1.807) is 11.3 Å². The summed E-state index contributed by atoms with van der Waals surface area (Å²) in [5.74, 6) is 0. The summed E-state index contributed by atoms with van der Waals surface area (Å²) < 4.78 is 1.85. The minimum Gasteiger partial charge on any atom is -0.240 e. The van der Waals surface area contributed by atoms with Crippen LogP contribution >= 0.6 is 22.9 Å². The van der Waals surface area contributed by atoms with Gasteiger partial charge in [-0.3, -0.25) is 0 Å². The number of hydrogen-bond donors (Lipinski definition) is 0. The molecule has 0 bridgehead atoms. The average Bonchev–Trinajstić information content (AvgIpc) is 3.00. The molecule has 2 nitrogen and oxygen atoms in total. The summed E-state index contributed by atoms with van der Waals surface area (Å²) >= 11 is 7.54. The molecule has 0 amide bonds. The van der Waals surface area contributed by atoms with Crippen LogP contribution in [0.15, 0.2) is 53.5 Å². The van der Waals surface area contributed by atoms with E-state index in [-0.39, 0.29) is 0 Å². The average molecular weight is 261 g/mol. The molecule has 84 valence electrons. The van der Waals surface area contributed by atoms with Gasteiger partial charge in [-0.1, -0.05) is 11.6 Å². The molecule has 0 N–H and O–H groups in total. The van der Waals surface area contributed by atoms with Crippen LogP contribution in [0.5, 0.6) is 0 Å². The number of benzene rings is 1. The Morgan fingerprint density at radius 3 is 2.59 bits per heavy atom. The summed E-state index contributed by atoms with van der Waals surface area (Å²) in [7, 11) is 0. The van der Waals surface area contributed by atoms with Crippen LogP contribution in [0.4, 0.5) is 0 Å². The second-order valence-corrected chi connectivity index (χ2v) is 4.88. The summed E-state index contributed by atoms with van der Waals surface area (Å²) in [6.45, 7) is 0. The smallest absolute Gasteiger partial charge is 0.0646 e. The Kier molecular flexibility index (Phi) is 2.71. The summed E-state index contributed by atoms with van der Waals surface area (Å²) in [5.41, 5.74) is 3.34. The van der Waals surface area contributed by atoms with Crippen molar-refractivity contribution < 1.29 is 0 Å². The molecule has 2 aromatic heterocycles. The molecule has 0 radical (unpaired) electrons. The predicted molar refractivity (Wildman–Crippen MR) is 71.9 cm³/mol. The first-order valence-electron chi connectivity index (χ1n) is 5.16. The molecular formula is C13H9ClN2S. The number of aromatic nitrogens is 2. The van der Waals surface area contributed by atoms with E-state index in [4.69, 9.17) is 11.6 Å². The molecule has 3 aromatic rings. The Hall–Kier alpha value is -1.58. The third-order valence-electron chi connectivity index (χ3n) is 2.53. The van der Waals surface area contributed by atoms with Crippen molar-refractivity contribution in [3.05, 3.63) is 58.5 Å². The van der Waals surface area contributed by atoms with Crippen molar-refractivity contribution in [2.45, 2.75) is 0 Å². The second-order valence-electron chi connectivity index (χ2n) is 3.66. The first-order chi connectivity index (χ1) is 8.33. The van der Waals surface area contributed by atoms with E-state index < -0.39 is 0 Å². The molecule has 0 saturated heterocycles. The van der Waals surface area contributed by atoms with Gasteiger partial charge >= 0.3 is 0 Å². The Labute approximate surface area is 108 Å². The first-order valence-corrected chi connectivity index (χ1v) is 6.48. The van der Waals surface area contributed by atoms with E-state index >= 15 is 0 Å². The Morgan fingerprint density at radius 1 is 1.06 bits per heavy atom. The minimum absolute atomic E-state index is 0.735. The van der Waals surface area contributed by atoms with E-state index in [2.05, 4.69) is 21.9 Å². The van der Waals surface area contributed by atoms with E-state index in [0.717, 1.165) is 16.3 Å². The van der Waals surface area contributed by atoms with E-state index in [0.29, 0.717) is 0 Å². The first kappa shape index (κ1) is 10.6. The number of nitrogens with zero attached hydrogens (tertiary/aromatic N) is 2. The summed E-state index contributed by atoms with van der Waals surface area (Å²) in [6, 6.07) is 9.72. The van der Waals surface area contributed by atoms with Gasteiger partial charge in [-0.2, -0.15) is 16.4 Å². The number of rotatable bonds is 2. The normalized spacial score (nSPS) is 10.6. The topological polar surface area (TPSA) is 17.8 Å². The lowest BCUT2D eigenvalue weighted by molar-refractivity contribution is 0.881. The van der Waals surface area contributed by atoms with E-state index in [9.17, 15) is 0 Å². The van der Waals surface area contributed by atoms with E-state index in [1.807, 2.05) is 41.3 Å². The van der Waals surface area contributed by atoms with E-state index in [1.165, 1.54) is 5.56 Å². The Balaban J connectivity index is 1.98. The highest BCUT2D eigenvalue weighted by Gasteiger charge is 2.03. The summed E-state index contributed by atoms with van der Waals surface area (Å²) in [4.78, 5) is 0. The number of thiophene rings is 1. The lowest BCUT2D eigenvalue weighted by atomic mass is 10.2. The van der Waals surface area contributed by atoms with Crippen LogP contribution in [0, 0.1) is 0 Å². The van der Waals surface area contributed by atoms with Gasteiger partial charge in [-0.05, 0) is 46.7 Å². The molecule has 0 aliphatic heterocycles. The highest BCUT2D eigenvalue weighted by atomic mass is 35.5. The SMILES string of the molecule is Clc1ccc(-n2cc(-c3ccsc3)cn2)cc1. The molecule has 0 saturated carbocycles. The fourth-order valence-electron chi connectivity index (χ4n) is 1.64. The molecule has 0 aliphatic rings. The van der Waals surface area contributed by atoms with Gasteiger partial charge in [0.15, 0.2) is 0 Å². The molecule has 4 heteroatoms. The zero-order chi connectivity index (χ0) is 11.7. The maximum atomic E-state index is 5.86. The standard InChI is InChI=1S/C13H9ClN2S/c14-12-1-3-13(4-2-12)16-8-11(7-15-16)10-5-6-17-9-10/h1-9H. The third kappa shape index (κ3) is 2.12. The number of halogens is 1. The predicted octanol–water partition coefficient (Wildman–Crippen LogP) is 4.25. The van der Waals surface area contributed by atoms with Crippen LogP contribution in [-0.4, -0.2) is 9.78 Å². The summed E-state index contributed by atoms with van der Waals surface area (Å²) in [6.07, 6.45) is 3.89. The molecule has 0 unspecified atom stereocenters. The van der Waals surface area contributed by atoms with Gasteiger partial charge in [0, 0.05) is 16.8 Å². The van der Waals surface area contributed by atoms with Gasteiger partial charge in [-0.15, -0.1) is 0 Å². The Bertz CT molecular complexity index is 611. The van der Waals surface area contributed by atoms with Gasteiger partial charge in [-0.25, -0.2) is 4.68 Å². The van der Waals surface area contributed by atoms with Crippen molar-refractivity contribution in [2.75, 3.05) is 0 Å². The van der Waals surface area contributed by atoms with Crippen molar-refractivity contribution in [3.8, 4) is 16.8 Å². The third-order valence-corrected chi connectivity index (χ3v) is 3.46. The quantitative estimate of drug-likeness (QED) is 0.673.